The summed E-state index contributed by atoms with van der Waals surface area (Å²) in [5.41, 5.74) is 1.02. The van der Waals surface area contributed by atoms with Gasteiger partial charge in [0.25, 0.3) is 0 Å². The quantitative estimate of drug-likeness (QED) is 0.434. The van der Waals surface area contributed by atoms with Gasteiger partial charge in [0.2, 0.25) is 5.91 Å². The number of rotatable bonds is 9. The summed E-state index contributed by atoms with van der Waals surface area (Å²) in [4.78, 5) is 12.2. The van der Waals surface area contributed by atoms with Crippen LogP contribution in [0.1, 0.15) is 56.2 Å². The molecule has 0 unspecified atom stereocenters. The number of nitrogens with zero attached hydrogens (tertiary/aromatic N) is 1. The van der Waals surface area contributed by atoms with Gasteiger partial charge in [-0.3, -0.25) is 9.36 Å². The third-order valence-electron chi connectivity index (χ3n) is 3.92. The second kappa shape index (κ2) is 8.46. The van der Waals surface area contributed by atoms with Gasteiger partial charge in [-0.05, 0) is 31.4 Å². The van der Waals surface area contributed by atoms with E-state index in [0.717, 1.165) is 30.2 Å². The highest BCUT2D eigenvalue weighted by molar-refractivity contribution is 5.92. The van der Waals surface area contributed by atoms with Crippen molar-refractivity contribution in [1.82, 2.24) is 4.57 Å². The molecule has 2 nitrogen and oxygen atoms in total. The lowest BCUT2D eigenvalue weighted by Crippen LogP contribution is -2.08. The van der Waals surface area contributed by atoms with Crippen LogP contribution in [0.15, 0.2) is 49.2 Å². The van der Waals surface area contributed by atoms with Crippen LogP contribution < -0.4 is 0 Å². The zero-order chi connectivity index (χ0) is 14.9. The molecule has 0 spiro atoms. The fourth-order valence-corrected chi connectivity index (χ4v) is 2.69. The van der Waals surface area contributed by atoms with Gasteiger partial charge in [-0.1, -0.05) is 50.0 Å². The van der Waals surface area contributed by atoms with Crippen molar-refractivity contribution in [2.45, 2.75) is 51.4 Å². The van der Waals surface area contributed by atoms with E-state index in [2.05, 4.69) is 6.58 Å². The minimum absolute atomic E-state index is 0.211. The number of hydrogen-bond donors (Lipinski definition) is 0. The standard InChI is InChI=1S/C19H25NO/c1-2-3-4-5-6-7-8-9-14-19(21)20-16-15-17-12-10-11-13-18(17)20/h2,10-13,15-16H,1,3-9,14H2. The number of unbranched alkanes of at least 4 members (excludes halogenated alkanes) is 6. The van der Waals surface area contributed by atoms with Crippen molar-refractivity contribution in [3.63, 3.8) is 0 Å². The maximum Gasteiger partial charge on any atom is 0.231 e. The Hall–Kier alpha value is -1.83. The Morgan fingerprint density at radius 1 is 1.00 bits per heavy atom. The number of benzene rings is 1. The van der Waals surface area contributed by atoms with Gasteiger partial charge in [-0.25, -0.2) is 0 Å². The van der Waals surface area contributed by atoms with Crippen molar-refractivity contribution in [2.24, 2.45) is 0 Å². The maximum atomic E-state index is 12.2. The molecule has 0 bridgehead atoms. The molecule has 0 aliphatic heterocycles. The number of carbonyl (C=O) groups excluding carboxylic acids is 1. The summed E-state index contributed by atoms with van der Waals surface area (Å²) in [6, 6.07) is 10.0. The Morgan fingerprint density at radius 2 is 1.71 bits per heavy atom. The largest absolute Gasteiger partial charge is 0.287 e. The van der Waals surface area contributed by atoms with Crippen LogP contribution in [0.3, 0.4) is 0 Å². The lowest BCUT2D eigenvalue weighted by molar-refractivity contribution is 0.0904. The third kappa shape index (κ3) is 4.59. The molecular weight excluding hydrogens is 258 g/mol. The second-order valence-corrected chi connectivity index (χ2v) is 5.59. The van der Waals surface area contributed by atoms with E-state index in [9.17, 15) is 4.79 Å². The monoisotopic (exact) mass is 283 g/mol. The predicted molar refractivity (Wildman–Crippen MR) is 89.7 cm³/mol. The molecule has 0 aliphatic rings. The van der Waals surface area contributed by atoms with E-state index >= 15 is 0 Å². The molecule has 0 saturated carbocycles. The summed E-state index contributed by atoms with van der Waals surface area (Å²) < 4.78 is 1.79. The van der Waals surface area contributed by atoms with E-state index in [1.54, 1.807) is 4.57 Å². The van der Waals surface area contributed by atoms with Crippen molar-refractivity contribution < 1.29 is 4.79 Å². The van der Waals surface area contributed by atoms with Crippen LogP contribution in [0.4, 0.5) is 0 Å². The number of allylic oxidation sites excluding steroid dienone is 1. The van der Waals surface area contributed by atoms with Crippen LogP contribution in [-0.4, -0.2) is 10.5 Å². The van der Waals surface area contributed by atoms with Gasteiger partial charge in [0.1, 0.15) is 0 Å². The molecule has 0 fully saturated rings. The SMILES string of the molecule is C=CCCCCCCCCC(=O)n1ccc2ccccc21. The number of aromatic nitrogens is 1. The first-order valence-corrected chi connectivity index (χ1v) is 8.03. The normalized spacial score (nSPS) is 10.9. The molecule has 112 valence electrons. The zero-order valence-corrected chi connectivity index (χ0v) is 12.8. The van der Waals surface area contributed by atoms with Crippen molar-refractivity contribution in [2.75, 3.05) is 0 Å². The molecule has 1 aromatic heterocycles. The number of fused-ring (bicyclic) bond motifs is 1. The molecule has 1 heterocycles. The highest BCUT2D eigenvalue weighted by atomic mass is 16.2. The van der Waals surface area contributed by atoms with Crippen LogP contribution in [0.2, 0.25) is 0 Å². The molecule has 0 aliphatic carbocycles. The minimum atomic E-state index is 0.211. The summed E-state index contributed by atoms with van der Waals surface area (Å²) in [6.45, 7) is 3.73. The summed E-state index contributed by atoms with van der Waals surface area (Å²) >= 11 is 0. The van der Waals surface area contributed by atoms with Crippen LogP contribution in [0.25, 0.3) is 10.9 Å². The summed E-state index contributed by atoms with van der Waals surface area (Å²) in [5.74, 6) is 0.211. The van der Waals surface area contributed by atoms with Crippen molar-refractivity contribution in [3.05, 3.63) is 49.2 Å². The van der Waals surface area contributed by atoms with Crippen molar-refractivity contribution in [3.8, 4) is 0 Å². The molecule has 0 radical (unpaired) electrons. The third-order valence-corrected chi connectivity index (χ3v) is 3.92. The topological polar surface area (TPSA) is 22.0 Å². The van der Waals surface area contributed by atoms with Crippen molar-refractivity contribution >= 4 is 16.8 Å². The molecule has 2 aromatic rings. The maximum absolute atomic E-state index is 12.2. The smallest absolute Gasteiger partial charge is 0.231 e. The number of hydrogen-bond acceptors (Lipinski definition) is 1. The molecule has 2 heteroatoms. The van der Waals surface area contributed by atoms with Crippen LogP contribution in [-0.2, 0) is 0 Å². The highest BCUT2D eigenvalue weighted by Gasteiger charge is 2.07. The van der Waals surface area contributed by atoms with E-state index in [-0.39, 0.29) is 5.91 Å². The number of carbonyl (C=O) groups is 1. The molecular formula is C19H25NO. The first kappa shape index (κ1) is 15.6. The average molecular weight is 283 g/mol. The van der Waals surface area contributed by atoms with E-state index < -0.39 is 0 Å². The summed E-state index contributed by atoms with van der Waals surface area (Å²) in [6.07, 6.45) is 12.8. The van der Waals surface area contributed by atoms with E-state index in [0.29, 0.717) is 6.42 Å². The Morgan fingerprint density at radius 3 is 2.52 bits per heavy atom. The first-order chi connectivity index (χ1) is 10.3. The van der Waals surface area contributed by atoms with Gasteiger partial charge in [-0.2, -0.15) is 0 Å². The molecule has 0 N–H and O–H groups in total. The fraction of sp³-hybridized carbons (Fsp3) is 0.421. The van der Waals surface area contributed by atoms with Crippen LogP contribution >= 0.6 is 0 Å². The van der Waals surface area contributed by atoms with Crippen molar-refractivity contribution in [1.29, 1.82) is 0 Å². The Balaban J connectivity index is 1.69. The molecule has 1 aromatic carbocycles. The van der Waals surface area contributed by atoms with Gasteiger partial charge in [0.05, 0.1) is 5.52 Å². The highest BCUT2D eigenvalue weighted by Crippen LogP contribution is 2.16. The Labute approximate surface area is 127 Å². The summed E-state index contributed by atoms with van der Waals surface area (Å²) in [5, 5.41) is 1.13. The van der Waals surface area contributed by atoms with Gasteiger partial charge >= 0.3 is 0 Å². The molecule has 0 saturated heterocycles. The van der Waals surface area contributed by atoms with Gasteiger partial charge < -0.3 is 0 Å². The van der Waals surface area contributed by atoms with E-state index in [1.165, 1.54) is 25.7 Å². The predicted octanol–water partition coefficient (Wildman–Crippen LogP) is 5.59. The Bertz CT molecular complexity index is 582. The number of para-hydroxylation sites is 1. The summed E-state index contributed by atoms with van der Waals surface area (Å²) in [7, 11) is 0. The van der Waals surface area contributed by atoms with Gasteiger partial charge in [-0.15, -0.1) is 6.58 Å². The minimum Gasteiger partial charge on any atom is -0.287 e. The molecule has 0 atom stereocenters. The second-order valence-electron chi connectivity index (χ2n) is 5.59. The Kier molecular flexibility index (Phi) is 6.26. The van der Waals surface area contributed by atoms with E-state index in [4.69, 9.17) is 0 Å². The lowest BCUT2D eigenvalue weighted by Gasteiger charge is -2.04. The van der Waals surface area contributed by atoms with Crippen LogP contribution in [0, 0.1) is 0 Å². The van der Waals surface area contributed by atoms with Crippen LogP contribution in [0.5, 0.6) is 0 Å². The lowest BCUT2D eigenvalue weighted by atomic mass is 10.1. The molecule has 2 rings (SSSR count). The average Bonchev–Trinajstić information content (AvgIpc) is 2.94. The zero-order valence-electron chi connectivity index (χ0n) is 12.8. The first-order valence-electron chi connectivity index (χ1n) is 8.03. The van der Waals surface area contributed by atoms with Gasteiger partial charge in [0.15, 0.2) is 0 Å². The fourth-order valence-electron chi connectivity index (χ4n) is 2.69. The van der Waals surface area contributed by atoms with Gasteiger partial charge in [0, 0.05) is 18.0 Å². The molecule has 0 amide bonds. The molecule has 21 heavy (non-hydrogen) atoms. The van der Waals surface area contributed by atoms with E-state index in [1.807, 2.05) is 42.6 Å².